The van der Waals surface area contributed by atoms with Crippen LogP contribution in [0, 0.1) is 0 Å². The molecular formula is C21H23ClN2O3S. The molecule has 0 radical (unpaired) electrons. The summed E-state index contributed by atoms with van der Waals surface area (Å²) in [6.07, 6.45) is 3.13. The molecule has 0 aromatic heterocycles. The average molecular weight is 419 g/mol. The molecule has 28 heavy (non-hydrogen) atoms. The largest absolute Gasteiger partial charge is 0.497 e. The van der Waals surface area contributed by atoms with Gasteiger partial charge < -0.3 is 20.1 Å². The normalized spacial score (nSPS) is 15.3. The summed E-state index contributed by atoms with van der Waals surface area (Å²) in [6.45, 7) is 2.06. The number of aryl methyl sites for hydroxylation is 1. The number of carbonyl (C=O) groups excluding carboxylic acids is 1. The fourth-order valence-electron chi connectivity index (χ4n) is 3.36. The predicted octanol–water partition coefficient (Wildman–Crippen LogP) is 4.89. The number of nitrogens with one attached hydrogen (secondary N) is 2. The molecule has 1 atom stereocenters. The Hall–Kier alpha value is -2.31. The first kappa shape index (κ1) is 20.4. The summed E-state index contributed by atoms with van der Waals surface area (Å²) in [5, 5.41) is 7.35. The number of hydrogen-bond donors (Lipinski definition) is 2. The number of esters is 1. The molecule has 1 unspecified atom stereocenters. The minimum atomic E-state index is -0.436. The monoisotopic (exact) mass is 418 g/mol. The fraction of sp³-hybridized carbons (Fsp3) is 0.333. The van der Waals surface area contributed by atoms with Crippen LogP contribution in [0.15, 0.2) is 36.4 Å². The number of methoxy groups -OCH3 is 1. The molecule has 0 spiro atoms. The Morgan fingerprint density at radius 1 is 1.29 bits per heavy atom. The lowest BCUT2D eigenvalue weighted by atomic mass is 9.87. The number of carbonyl (C=O) groups is 1. The summed E-state index contributed by atoms with van der Waals surface area (Å²) in [6, 6.07) is 11.4. The van der Waals surface area contributed by atoms with E-state index in [0.29, 0.717) is 28.0 Å². The van der Waals surface area contributed by atoms with E-state index in [4.69, 9.17) is 33.3 Å². The molecule has 0 saturated carbocycles. The molecule has 5 nitrogen and oxygen atoms in total. The lowest BCUT2D eigenvalue weighted by Crippen LogP contribution is -2.34. The predicted molar refractivity (Wildman–Crippen MR) is 115 cm³/mol. The zero-order valence-corrected chi connectivity index (χ0v) is 17.5. The van der Waals surface area contributed by atoms with Crippen molar-refractivity contribution < 1.29 is 14.3 Å². The SMILES string of the molecule is CCOC(=O)c1ccc(NC(=S)NC2CCCc3cc(OC)ccc32)cc1Cl. The molecule has 3 rings (SSSR count). The van der Waals surface area contributed by atoms with Crippen molar-refractivity contribution in [3.63, 3.8) is 0 Å². The zero-order valence-electron chi connectivity index (χ0n) is 15.9. The van der Waals surface area contributed by atoms with E-state index in [1.165, 1.54) is 11.1 Å². The van der Waals surface area contributed by atoms with Gasteiger partial charge in [-0.2, -0.15) is 0 Å². The van der Waals surface area contributed by atoms with Gasteiger partial charge in [0.2, 0.25) is 0 Å². The van der Waals surface area contributed by atoms with Crippen LogP contribution in [-0.4, -0.2) is 24.8 Å². The molecule has 2 N–H and O–H groups in total. The Morgan fingerprint density at radius 3 is 2.82 bits per heavy atom. The topological polar surface area (TPSA) is 59.6 Å². The first-order valence-electron chi connectivity index (χ1n) is 9.22. The van der Waals surface area contributed by atoms with Crippen LogP contribution >= 0.6 is 23.8 Å². The van der Waals surface area contributed by atoms with Crippen molar-refractivity contribution in [3.8, 4) is 5.75 Å². The highest BCUT2D eigenvalue weighted by Gasteiger charge is 2.21. The zero-order chi connectivity index (χ0) is 20.1. The molecule has 7 heteroatoms. The van der Waals surface area contributed by atoms with Crippen LogP contribution in [0.5, 0.6) is 5.75 Å². The molecule has 0 fully saturated rings. The number of fused-ring (bicyclic) bond motifs is 1. The van der Waals surface area contributed by atoms with Crippen molar-refractivity contribution in [2.75, 3.05) is 19.0 Å². The molecule has 1 aliphatic rings. The van der Waals surface area contributed by atoms with Crippen molar-refractivity contribution in [1.29, 1.82) is 0 Å². The molecule has 2 aromatic carbocycles. The van der Waals surface area contributed by atoms with Crippen LogP contribution in [0.3, 0.4) is 0 Å². The van der Waals surface area contributed by atoms with E-state index >= 15 is 0 Å². The third kappa shape index (κ3) is 4.75. The van der Waals surface area contributed by atoms with Crippen LogP contribution in [0.1, 0.15) is 47.3 Å². The van der Waals surface area contributed by atoms with Gasteiger partial charge in [-0.15, -0.1) is 0 Å². The Bertz CT molecular complexity index is 888. The minimum absolute atomic E-state index is 0.143. The number of thiocarbonyl (C=S) groups is 1. The summed E-state index contributed by atoms with van der Waals surface area (Å²) < 4.78 is 10.3. The summed E-state index contributed by atoms with van der Waals surface area (Å²) in [4.78, 5) is 11.9. The van der Waals surface area contributed by atoms with Gasteiger partial charge in [-0.25, -0.2) is 4.79 Å². The van der Waals surface area contributed by atoms with Crippen LogP contribution in [0.2, 0.25) is 5.02 Å². The highest BCUT2D eigenvalue weighted by atomic mass is 35.5. The van der Waals surface area contributed by atoms with E-state index in [1.54, 1.807) is 32.2 Å². The van der Waals surface area contributed by atoms with Gasteiger partial charge >= 0.3 is 5.97 Å². The van der Waals surface area contributed by atoms with Crippen LogP contribution in [0.4, 0.5) is 5.69 Å². The van der Waals surface area contributed by atoms with Crippen molar-refractivity contribution in [1.82, 2.24) is 5.32 Å². The second-order valence-electron chi connectivity index (χ2n) is 6.52. The molecule has 1 aliphatic carbocycles. The van der Waals surface area contributed by atoms with E-state index in [1.807, 2.05) is 6.07 Å². The van der Waals surface area contributed by atoms with Crippen LogP contribution < -0.4 is 15.4 Å². The van der Waals surface area contributed by atoms with Gasteiger partial charge in [0.05, 0.1) is 30.3 Å². The first-order chi connectivity index (χ1) is 13.5. The van der Waals surface area contributed by atoms with Crippen molar-refractivity contribution in [2.45, 2.75) is 32.2 Å². The van der Waals surface area contributed by atoms with Crippen molar-refractivity contribution >= 4 is 40.6 Å². The molecule has 0 aliphatic heterocycles. The Labute approximate surface area is 175 Å². The van der Waals surface area contributed by atoms with E-state index in [0.717, 1.165) is 25.0 Å². The van der Waals surface area contributed by atoms with Crippen molar-refractivity contribution in [2.24, 2.45) is 0 Å². The van der Waals surface area contributed by atoms with E-state index in [9.17, 15) is 4.79 Å². The lowest BCUT2D eigenvalue weighted by Gasteiger charge is -2.28. The van der Waals surface area contributed by atoms with Gasteiger partial charge in [-0.3, -0.25) is 0 Å². The lowest BCUT2D eigenvalue weighted by molar-refractivity contribution is 0.0526. The van der Waals surface area contributed by atoms with Gasteiger partial charge in [0.25, 0.3) is 0 Å². The van der Waals surface area contributed by atoms with Crippen LogP contribution in [0.25, 0.3) is 0 Å². The van der Waals surface area contributed by atoms with E-state index < -0.39 is 5.97 Å². The standard InChI is InChI=1S/C21H23ClN2O3S/c1-3-27-20(25)17-9-7-14(12-18(17)22)23-21(28)24-19-6-4-5-13-11-15(26-2)8-10-16(13)19/h7-12,19H,3-6H2,1-2H3,(H2,23,24,28). The van der Waals surface area contributed by atoms with E-state index in [2.05, 4.69) is 22.8 Å². The number of hydrogen-bond acceptors (Lipinski definition) is 4. The highest BCUT2D eigenvalue weighted by Crippen LogP contribution is 2.32. The summed E-state index contributed by atoms with van der Waals surface area (Å²) in [5.41, 5.74) is 3.57. The summed E-state index contributed by atoms with van der Waals surface area (Å²) in [7, 11) is 1.68. The Morgan fingerprint density at radius 2 is 2.11 bits per heavy atom. The number of benzene rings is 2. The van der Waals surface area contributed by atoms with Gasteiger partial charge in [0, 0.05) is 5.69 Å². The molecule has 0 heterocycles. The van der Waals surface area contributed by atoms with Gasteiger partial charge in [-0.1, -0.05) is 17.7 Å². The number of halogens is 1. The highest BCUT2D eigenvalue weighted by molar-refractivity contribution is 7.80. The number of rotatable bonds is 5. The number of ether oxygens (including phenoxy) is 2. The smallest absolute Gasteiger partial charge is 0.339 e. The third-order valence-electron chi connectivity index (χ3n) is 4.69. The molecular weight excluding hydrogens is 396 g/mol. The quantitative estimate of drug-likeness (QED) is 0.532. The fourth-order valence-corrected chi connectivity index (χ4v) is 3.88. The maximum atomic E-state index is 11.9. The first-order valence-corrected chi connectivity index (χ1v) is 10.0. The Kier molecular flexibility index (Phi) is 6.75. The minimum Gasteiger partial charge on any atom is -0.497 e. The average Bonchev–Trinajstić information content (AvgIpc) is 2.68. The molecule has 0 bridgehead atoms. The second-order valence-corrected chi connectivity index (χ2v) is 7.34. The summed E-state index contributed by atoms with van der Waals surface area (Å²) in [5.74, 6) is 0.436. The number of anilines is 1. The molecule has 148 valence electrons. The van der Waals surface area contributed by atoms with Crippen molar-refractivity contribution in [3.05, 3.63) is 58.1 Å². The summed E-state index contributed by atoms with van der Waals surface area (Å²) >= 11 is 11.7. The third-order valence-corrected chi connectivity index (χ3v) is 5.22. The maximum Gasteiger partial charge on any atom is 0.339 e. The second kappa shape index (κ2) is 9.26. The molecule has 0 saturated heterocycles. The van der Waals surface area contributed by atoms with Gasteiger partial charge in [0.15, 0.2) is 5.11 Å². The molecule has 2 aromatic rings. The maximum absolute atomic E-state index is 11.9. The van der Waals surface area contributed by atoms with Crippen LogP contribution in [-0.2, 0) is 11.2 Å². The van der Waals surface area contributed by atoms with Gasteiger partial charge in [-0.05, 0) is 79.9 Å². The van der Waals surface area contributed by atoms with Gasteiger partial charge in [0.1, 0.15) is 5.75 Å². The Balaban J connectivity index is 1.67. The molecule has 0 amide bonds. The van der Waals surface area contributed by atoms with E-state index in [-0.39, 0.29) is 6.04 Å².